The summed E-state index contributed by atoms with van der Waals surface area (Å²) in [6, 6.07) is 7.32. The number of nitrogens with one attached hydrogen (secondary N) is 1. The fraction of sp³-hybridized carbons (Fsp3) is 0.0667. The summed E-state index contributed by atoms with van der Waals surface area (Å²) in [7, 11) is 0. The highest BCUT2D eigenvalue weighted by molar-refractivity contribution is 7.80. The molecule has 1 aliphatic heterocycles. The number of anilines is 1. The zero-order valence-corrected chi connectivity index (χ0v) is 13.5. The highest BCUT2D eigenvalue weighted by Gasteiger charge is 2.32. The predicted octanol–water partition coefficient (Wildman–Crippen LogP) is 3.97. The van der Waals surface area contributed by atoms with Gasteiger partial charge in [-0.15, -0.1) is 0 Å². The van der Waals surface area contributed by atoms with Crippen LogP contribution in [0.5, 0.6) is 0 Å². The van der Waals surface area contributed by atoms with Gasteiger partial charge in [0, 0.05) is 5.02 Å². The Kier molecular flexibility index (Phi) is 3.80. The Hall–Kier alpha value is -1.69. The van der Waals surface area contributed by atoms with Crippen LogP contribution in [0.25, 0.3) is 6.08 Å². The lowest BCUT2D eigenvalue weighted by atomic mass is 10.2. The lowest BCUT2D eigenvalue weighted by molar-refractivity contribution is -0.113. The van der Waals surface area contributed by atoms with E-state index in [2.05, 4.69) is 5.32 Å². The van der Waals surface area contributed by atoms with Crippen LogP contribution in [-0.2, 0) is 4.79 Å². The number of carbonyl (C=O) groups is 1. The van der Waals surface area contributed by atoms with E-state index in [1.807, 2.05) is 29.8 Å². The fourth-order valence-electron chi connectivity index (χ4n) is 2.15. The van der Waals surface area contributed by atoms with Gasteiger partial charge in [-0.05, 0) is 71.4 Å². The highest BCUT2D eigenvalue weighted by atomic mass is 35.5. The predicted molar refractivity (Wildman–Crippen MR) is 91.7 cm³/mol. The Morgan fingerprint density at radius 1 is 1.38 bits per heavy atom. The standard InChI is InChI=1S/C15H11ClN2OS2/c1-9-6-11(16)2-3-13(9)18-14(19)12(17-15(18)20)7-10-4-5-21-8-10/h2-8H,1H3,(H,17,20)/b12-7+. The maximum atomic E-state index is 12.6. The minimum atomic E-state index is -0.156. The van der Waals surface area contributed by atoms with E-state index < -0.39 is 0 Å². The van der Waals surface area contributed by atoms with Gasteiger partial charge in [0.1, 0.15) is 5.70 Å². The van der Waals surface area contributed by atoms with Crippen LogP contribution in [0.3, 0.4) is 0 Å². The largest absolute Gasteiger partial charge is 0.327 e. The number of halogens is 1. The van der Waals surface area contributed by atoms with E-state index in [4.69, 9.17) is 23.8 Å². The molecule has 3 rings (SSSR count). The van der Waals surface area contributed by atoms with Gasteiger partial charge in [-0.3, -0.25) is 9.69 Å². The van der Waals surface area contributed by atoms with E-state index in [-0.39, 0.29) is 5.91 Å². The summed E-state index contributed by atoms with van der Waals surface area (Å²) in [6.45, 7) is 1.90. The van der Waals surface area contributed by atoms with Crippen LogP contribution in [-0.4, -0.2) is 11.0 Å². The Morgan fingerprint density at radius 2 is 2.19 bits per heavy atom. The molecule has 0 radical (unpaired) electrons. The number of aryl methyl sites for hydroxylation is 1. The Balaban J connectivity index is 1.98. The summed E-state index contributed by atoms with van der Waals surface area (Å²) >= 11 is 12.8. The van der Waals surface area contributed by atoms with Crippen molar-refractivity contribution in [3.63, 3.8) is 0 Å². The quantitative estimate of drug-likeness (QED) is 0.666. The smallest absolute Gasteiger partial charge is 0.281 e. The van der Waals surface area contributed by atoms with Crippen molar-refractivity contribution >= 4 is 57.9 Å². The average molecular weight is 335 g/mol. The van der Waals surface area contributed by atoms with Crippen LogP contribution in [0.4, 0.5) is 5.69 Å². The highest BCUT2D eigenvalue weighted by Crippen LogP contribution is 2.28. The lowest BCUT2D eigenvalue weighted by Gasteiger charge is -2.16. The summed E-state index contributed by atoms with van der Waals surface area (Å²) in [6.07, 6.45) is 1.80. The maximum absolute atomic E-state index is 12.6. The van der Waals surface area contributed by atoms with E-state index in [9.17, 15) is 4.79 Å². The zero-order chi connectivity index (χ0) is 15.0. The number of hydrogen-bond donors (Lipinski definition) is 1. The molecular weight excluding hydrogens is 324 g/mol. The van der Waals surface area contributed by atoms with Gasteiger partial charge in [-0.25, -0.2) is 0 Å². The van der Waals surface area contributed by atoms with E-state index in [1.54, 1.807) is 29.5 Å². The van der Waals surface area contributed by atoms with Crippen molar-refractivity contribution in [3.8, 4) is 0 Å². The Bertz CT molecular complexity index is 753. The molecule has 1 saturated heterocycles. The van der Waals surface area contributed by atoms with Crippen molar-refractivity contribution in [2.24, 2.45) is 0 Å². The number of thiocarbonyl (C=S) groups is 1. The van der Waals surface area contributed by atoms with Gasteiger partial charge in [-0.1, -0.05) is 11.6 Å². The number of nitrogens with zero attached hydrogens (tertiary/aromatic N) is 1. The maximum Gasteiger partial charge on any atom is 0.281 e. The summed E-state index contributed by atoms with van der Waals surface area (Å²) in [5.74, 6) is -0.156. The molecule has 0 unspecified atom stereocenters. The first kappa shape index (κ1) is 14.3. The molecular formula is C15H11ClN2OS2. The molecule has 0 bridgehead atoms. The number of thiophene rings is 1. The first-order valence-corrected chi connectivity index (χ1v) is 7.94. The minimum Gasteiger partial charge on any atom is -0.327 e. The average Bonchev–Trinajstić information content (AvgIpc) is 3.02. The third-order valence-corrected chi connectivity index (χ3v) is 4.35. The van der Waals surface area contributed by atoms with Crippen molar-refractivity contribution in [1.82, 2.24) is 5.32 Å². The molecule has 1 fully saturated rings. The summed E-state index contributed by atoms with van der Waals surface area (Å²) in [5.41, 5.74) is 3.11. The van der Waals surface area contributed by atoms with Crippen LogP contribution in [0, 0.1) is 6.92 Å². The molecule has 106 valence electrons. The van der Waals surface area contributed by atoms with Gasteiger partial charge in [0.2, 0.25) is 0 Å². The molecule has 3 nitrogen and oxygen atoms in total. The van der Waals surface area contributed by atoms with Crippen molar-refractivity contribution in [2.75, 3.05) is 4.90 Å². The second kappa shape index (κ2) is 5.60. The molecule has 2 heterocycles. The monoisotopic (exact) mass is 334 g/mol. The third kappa shape index (κ3) is 2.72. The number of benzene rings is 1. The molecule has 0 atom stereocenters. The number of hydrogen-bond acceptors (Lipinski definition) is 3. The summed E-state index contributed by atoms with van der Waals surface area (Å²) in [4.78, 5) is 14.1. The summed E-state index contributed by atoms with van der Waals surface area (Å²) in [5, 5.41) is 7.93. The van der Waals surface area contributed by atoms with Crippen LogP contribution in [0.1, 0.15) is 11.1 Å². The molecule has 1 aromatic heterocycles. The van der Waals surface area contributed by atoms with Crippen molar-refractivity contribution < 1.29 is 4.79 Å². The van der Waals surface area contributed by atoms with E-state index in [0.29, 0.717) is 15.8 Å². The first-order chi connectivity index (χ1) is 10.1. The molecule has 1 N–H and O–H groups in total. The van der Waals surface area contributed by atoms with Crippen LogP contribution >= 0.6 is 35.2 Å². The zero-order valence-electron chi connectivity index (χ0n) is 11.1. The number of amides is 1. The minimum absolute atomic E-state index is 0.156. The van der Waals surface area contributed by atoms with Crippen LogP contribution in [0.2, 0.25) is 5.02 Å². The van der Waals surface area contributed by atoms with Crippen molar-refractivity contribution in [3.05, 3.63) is 56.9 Å². The lowest BCUT2D eigenvalue weighted by Crippen LogP contribution is -2.30. The fourth-order valence-corrected chi connectivity index (χ4v) is 3.28. The molecule has 1 aliphatic rings. The SMILES string of the molecule is Cc1cc(Cl)ccc1N1C(=O)/C(=C\c2ccsc2)NC1=S. The number of carbonyl (C=O) groups excluding carboxylic acids is 1. The molecule has 0 aliphatic carbocycles. The first-order valence-electron chi connectivity index (χ1n) is 6.22. The normalized spacial score (nSPS) is 16.7. The Morgan fingerprint density at radius 3 is 2.86 bits per heavy atom. The van der Waals surface area contributed by atoms with Crippen molar-refractivity contribution in [2.45, 2.75) is 6.92 Å². The van der Waals surface area contributed by atoms with Gasteiger partial charge in [0.25, 0.3) is 5.91 Å². The van der Waals surface area contributed by atoms with Crippen molar-refractivity contribution in [1.29, 1.82) is 0 Å². The topological polar surface area (TPSA) is 32.3 Å². The molecule has 21 heavy (non-hydrogen) atoms. The molecule has 1 aromatic carbocycles. The van der Waals surface area contributed by atoms with E-state index in [1.165, 1.54) is 4.90 Å². The number of rotatable bonds is 2. The second-order valence-electron chi connectivity index (χ2n) is 4.62. The van der Waals surface area contributed by atoms with Crippen LogP contribution < -0.4 is 10.2 Å². The van der Waals surface area contributed by atoms with Gasteiger partial charge in [0.05, 0.1) is 5.69 Å². The summed E-state index contributed by atoms with van der Waals surface area (Å²) < 4.78 is 0. The van der Waals surface area contributed by atoms with Gasteiger partial charge in [-0.2, -0.15) is 11.3 Å². The van der Waals surface area contributed by atoms with E-state index in [0.717, 1.165) is 16.8 Å². The molecule has 2 aromatic rings. The molecule has 1 amide bonds. The van der Waals surface area contributed by atoms with Gasteiger partial charge >= 0.3 is 0 Å². The Labute approximate surface area is 136 Å². The van der Waals surface area contributed by atoms with Gasteiger partial charge in [0.15, 0.2) is 5.11 Å². The third-order valence-electron chi connectivity index (χ3n) is 3.13. The van der Waals surface area contributed by atoms with Gasteiger partial charge < -0.3 is 5.32 Å². The molecule has 0 saturated carbocycles. The molecule has 0 spiro atoms. The van der Waals surface area contributed by atoms with E-state index >= 15 is 0 Å². The second-order valence-corrected chi connectivity index (χ2v) is 6.22. The van der Waals surface area contributed by atoms with Crippen LogP contribution in [0.15, 0.2) is 40.7 Å². The molecule has 6 heteroatoms.